The SMILES string of the molecule is COC(=O)CS[C@H]1CCN(C(=O)[C@H]2CC=CCC2)C1. The summed E-state index contributed by atoms with van der Waals surface area (Å²) in [5, 5.41) is 0.377. The zero-order valence-corrected chi connectivity index (χ0v) is 12.2. The fourth-order valence-electron chi connectivity index (χ4n) is 2.59. The molecule has 5 heteroatoms. The smallest absolute Gasteiger partial charge is 0.315 e. The van der Waals surface area contributed by atoms with E-state index in [4.69, 9.17) is 0 Å². The number of nitrogens with zero attached hydrogens (tertiary/aromatic N) is 1. The molecule has 0 aromatic rings. The number of carbonyl (C=O) groups is 2. The van der Waals surface area contributed by atoms with E-state index in [1.807, 2.05) is 4.90 Å². The lowest BCUT2D eigenvalue weighted by atomic mass is 9.93. The summed E-state index contributed by atoms with van der Waals surface area (Å²) < 4.78 is 4.63. The topological polar surface area (TPSA) is 46.6 Å². The van der Waals surface area contributed by atoms with Gasteiger partial charge < -0.3 is 9.64 Å². The van der Waals surface area contributed by atoms with Crippen LogP contribution < -0.4 is 0 Å². The van der Waals surface area contributed by atoms with Crippen LogP contribution in [0, 0.1) is 5.92 Å². The van der Waals surface area contributed by atoms with Crippen LogP contribution in [0.15, 0.2) is 12.2 Å². The van der Waals surface area contributed by atoms with Crippen molar-refractivity contribution in [1.29, 1.82) is 0 Å². The van der Waals surface area contributed by atoms with Gasteiger partial charge in [0.1, 0.15) is 0 Å². The number of thioether (sulfide) groups is 1. The van der Waals surface area contributed by atoms with Gasteiger partial charge in [0, 0.05) is 24.3 Å². The first kappa shape index (κ1) is 14.4. The molecule has 2 rings (SSSR count). The van der Waals surface area contributed by atoms with E-state index < -0.39 is 0 Å². The third-order valence-corrected chi connectivity index (χ3v) is 5.00. The van der Waals surface area contributed by atoms with Crippen LogP contribution in [-0.2, 0) is 14.3 Å². The summed E-state index contributed by atoms with van der Waals surface area (Å²) in [6.07, 6.45) is 8.14. The molecule has 1 aliphatic heterocycles. The van der Waals surface area contributed by atoms with Crippen molar-refractivity contribution >= 4 is 23.6 Å². The average molecular weight is 283 g/mol. The minimum Gasteiger partial charge on any atom is -0.468 e. The van der Waals surface area contributed by atoms with Crippen LogP contribution in [-0.4, -0.2) is 48.0 Å². The number of hydrogen-bond acceptors (Lipinski definition) is 4. The average Bonchev–Trinajstić information content (AvgIpc) is 2.93. The molecule has 0 saturated carbocycles. The third-order valence-electron chi connectivity index (χ3n) is 3.74. The van der Waals surface area contributed by atoms with Crippen molar-refractivity contribution in [3.63, 3.8) is 0 Å². The highest BCUT2D eigenvalue weighted by Gasteiger charge is 2.31. The van der Waals surface area contributed by atoms with Crippen LogP contribution >= 0.6 is 11.8 Å². The van der Waals surface area contributed by atoms with Gasteiger partial charge in [0.25, 0.3) is 0 Å². The van der Waals surface area contributed by atoms with Gasteiger partial charge in [0.05, 0.1) is 12.9 Å². The number of esters is 1. The van der Waals surface area contributed by atoms with E-state index >= 15 is 0 Å². The molecule has 0 unspecified atom stereocenters. The summed E-state index contributed by atoms with van der Waals surface area (Å²) in [5.41, 5.74) is 0. The van der Waals surface area contributed by atoms with Crippen LogP contribution in [0.5, 0.6) is 0 Å². The normalized spacial score (nSPS) is 26.5. The Hall–Kier alpha value is -0.970. The van der Waals surface area contributed by atoms with E-state index in [1.165, 1.54) is 7.11 Å². The molecule has 0 bridgehead atoms. The minimum atomic E-state index is -0.188. The van der Waals surface area contributed by atoms with Crippen molar-refractivity contribution in [2.45, 2.75) is 30.9 Å². The Labute approximate surface area is 118 Å². The molecule has 1 heterocycles. The van der Waals surface area contributed by atoms with Crippen LogP contribution in [0.2, 0.25) is 0 Å². The lowest BCUT2D eigenvalue weighted by molar-refractivity contribution is -0.137. The summed E-state index contributed by atoms with van der Waals surface area (Å²) in [5.74, 6) is 0.669. The van der Waals surface area contributed by atoms with Crippen molar-refractivity contribution in [1.82, 2.24) is 4.90 Å². The van der Waals surface area contributed by atoms with E-state index in [9.17, 15) is 9.59 Å². The van der Waals surface area contributed by atoms with E-state index in [0.29, 0.717) is 16.9 Å². The first-order valence-electron chi connectivity index (χ1n) is 6.83. The molecule has 1 fully saturated rings. The molecule has 2 aliphatic rings. The van der Waals surface area contributed by atoms with Gasteiger partial charge in [-0.2, -0.15) is 0 Å². The van der Waals surface area contributed by atoms with E-state index in [2.05, 4.69) is 16.9 Å². The first-order chi connectivity index (χ1) is 9.20. The minimum absolute atomic E-state index is 0.175. The lowest BCUT2D eigenvalue weighted by Crippen LogP contribution is -2.35. The monoisotopic (exact) mass is 283 g/mol. The van der Waals surface area contributed by atoms with Crippen molar-refractivity contribution in [3.05, 3.63) is 12.2 Å². The Morgan fingerprint density at radius 3 is 2.89 bits per heavy atom. The van der Waals surface area contributed by atoms with Gasteiger partial charge in [-0.25, -0.2) is 0 Å². The molecule has 0 aromatic carbocycles. The molecule has 0 spiro atoms. The summed E-state index contributed by atoms with van der Waals surface area (Å²) in [6.45, 7) is 1.61. The number of carbonyl (C=O) groups excluding carboxylic acids is 2. The first-order valence-corrected chi connectivity index (χ1v) is 7.87. The van der Waals surface area contributed by atoms with Crippen LogP contribution in [0.3, 0.4) is 0 Å². The standard InChI is InChI=1S/C14H21NO3S/c1-18-13(16)10-19-12-7-8-15(9-12)14(17)11-5-3-2-4-6-11/h2-3,11-12H,4-10H2,1H3/t11-,12-/m0/s1. The van der Waals surface area contributed by atoms with Crippen molar-refractivity contribution < 1.29 is 14.3 Å². The number of amides is 1. The summed E-state index contributed by atoms with van der Waals surface area (Å²) in [7, 11) is 1.41. The molecular weight excluding hydrogens is 262 g/mol. The maximum atomic E-state index is 12.3. The van der Waals surface area contributed by atoms with Gasteiger partial charge in [0.2, 0.25) is 5.91 Å². The molecule has 2 atom stereocenters. The number of ether oxygens (including phenoxy) is 1. The Morgan fingerprint density at radius 2 is 2.21 bits per heavy atom. The fourth-order valence-corrected chi connectivity index (χ4v) is 3.63. The van der Waals surface area contributed by atoms with Gasteiger partial charge >= 0.3 is 5.97 Å². The molecular formula is C14H21NO3S. The Balaban J connectivity index is 1.76. The predicted octanol–water partition coefficient (Wildman–Crippen LogP) is 1.85. The van der Waals surface area contributed by atoms with Gasteiger partial charge in [-0.05, 0) is 25.7 Å². The second kappa shape index (κ2) is 6.98. The largest absolute Gasteiger partial charge is 0.468 e. The fraction of sp³-hybridized carbons (Fsp3) is 0.714. The van der Waals surface area contributed by atoms with Gasteiger partial charge in [-0.3, -0.25) is 9.59 Å². The van der Waals surface area contributed by atoms with Gasteiger partial charge in [-0.15, -0.1) is 11.8 Å². The molecule has 106 valence electrons. The van der Waals surface area contributed by atoms with Crippen LogP contribution in [0.4, 0.5) is 0 Å². The Kier molecular flexibility index (Phi) is 5.31. The second-order valence-corrected chi connectivity index (χ2v) is 6.35. The van der Waals surface area contributed by atoms with Crippen molar-refractivity contribution in [3.8, 4) is 0 Å². The van der Waals surface area contributed by atoms with Crippen molar-refractivity contribution in [2.75, 3.05) is 26.0 Å². The molecule has 1 saturated heterocycles. The summed E-state index contributed by atoms with van der Waals surface area (Å²) in [6, 6.07) is 0. The van der Waals surface area contributed by atoms with E-state index in [0.717, 1.165) is 38.8 Å². The number of allylic oxidation sites excluding steroid dienone is 2. The van der Waals surface area contributed by atoms with Crippen LogP contribution in [0.1, 0.15) is 25.7 Å². The van der Waals surface area contributed by atoms with E-state index in [-0.39, 0.29) is 11.9 Å². The molecule has 0 N–H and O–H groups in total. The maximum Gasteiger partial charge on any atom is 0.315 e. The highest BCUT2D eigenvalue weighted by Crippen LogP contribution is 2.27. The Bertz CT molecular complexity index is 370. The van der Waals surface area contributed by atoms with Gasteiger partial charge in [0.15, 0.2) is 0 Å². The third kappa shape index (κ3) is 4.00. The van der Waals surface area contributed by atoms with Crippen molar-refractivity contribution in [2.24, 2.45) is 5.92 Å². The number of methoxy groups -OCH3 is 1. The molecule has 1 aliphatic carbocycles. The number of likely N-dealkylation sites (tertiary alicyclic amines) is 1. The lowest BCUT2D eigenvalue weighted by Gasteiger charge is -2.24. The molecule has 0 aromatic heterocycles. The summed E-state index contributed by atoms with van der Waals surface area (Å²) in [4.78, 5) is 25.4. The highest BCUT2D eigenvalue weighted by atomic mass is 32.2. The summed E-state index contributed by atoms with van der Waals surface area (Å²) >= 11 is 1.60. The molecule has 4 nitrogen and oxygen atoms in total. The predicted molar refractivity (Wildman–Crippen MR) is 75.9 cm³/mol. The zero-order chi connectivity index (χ0) is 13.7. The second-order valence-electron chi connectivity index (χ2n) is 5.06. The Morgan fingerprint density at radius 1 is 1.37 bits per heavy atom. The maximum absolute atomic E-state index is 12.3. The van der Waals surface area contributed by atoms with Crippen LogP contribution in [0.25, 0.3) is 0 Å². The number of hydrogen-bond donors (Lipinski definition) is 0. The van der Waals surface area contributed by atoms with Gasteiger partial charge in [-0.1, -0.05) is 12.2 Å². The molecule has 19 heavy (non-hydrogen) atoms. The zero-order valence-electron chi connectivity index (χ0n) is 11.3. The molecule has 0 radical (unpaired) electrons. The number of rotatable bonds is 4. The highest BCUT2D eigenvalue weighted by molar-refractivity contribution is 8.00. The van der Waals surface area contributed by atoms with E-state index in [1.54, 1.807) is 11.8 Å². The molecule has 1 amide bonds. The quantitative estimate of drug-likeness (QED) is 0.583.